The molecular weight excluding hydrogens is 266 g/mol. The Kier molecular flexibility index (Phi) is 5.15. The second-order valence-corrected chi connectivity index (χ2v) is 4.72. The van der Waals surface area contributed by atoms with E-state index in [9.17, 15) is 4.79 Å². The number of hydrogen-bond donors (Lipinski definition) is 2. The van der Waals surface area contributed by atoms with Crippen molar-refractivity contribution in [3.63, 3.8) is 0 Å². The van der Waals surface area contributed by atoms with E-state index in [4.69, 9.17) is 4.42 Å². The molecule has 0 aliphatic rings. The van der Waals surface area contributed by atoms with Crippen LogP contribution in [0.1, 0.15) is 24.7 Å². The van der Waals surface area contributed by atoms with E-state index in [0.717, 1.165) is 11.3 Å². The number of rotatable bonds is 6. The van der Waals surface area contributed by atoms with Crippen LogP contribution in [-0.4, -0.2) is 18.2 Å². The van der Waals surface area contributed by atoms with Crippen molar-refractivity contribution in [3.8, 4) is 0 Å². The van der Waals surface area contributed by atoms with Gasteiger partial charge < -0.3 is 9.73 Å². The van der Waals surface area contributed by atoms with Gasteiger partial charge in [0, 0.05) is 5.69 Å². The first-order valence-electron chi connectivity index (χ1n) is 6.88. The van der Waals surface area contributed by atoms with Gasteiger partial charge in [0.05, 0.1) is 12.5 Å². The molecule has 1 heterocycles. The summed E-state index contributed by atoms with van der Waals surface area (Å²) in [4.78, 5) is 12.1. The summed E-state index contributed by atoms with van der Waals surface area (Å²) in [5.74, 6) is 0.414. The zero-order valence-corrected chi connectivity index (χ0v) is 12.2. The number of carbonyl (C=O) groups is 1. The van der Waals surface area contributed by atoms with Gasteiger partial charge >= 0.3 is 0 Å². The lowest BCUT2D eigenvalue weighted by atomic mass is 10.1. The lowest BCUT2D eigenvalue weighted by molar-refractivity contribution is -0.121. The molecule has 5 heteroatoms. The molecule has 2 aromatic rings. The Hall–Kier alpha value is -2.56. The Morgan fingerprint density at radius 2 is 2.24 bits per heavy atom. The van der Waals surface area contributed by atoms with Gasteiger partial charge in [0.1, 0.15) is 11.8 Å². The molecule has 0 spiro atoms. The summed E-state index contributed by atoms with van der Waals surface area (Å²) < 4.78 is 5.09. The predicted molar refractivity (Wildman–Crippen MR) is 83.3 cm³/mol. The standard InChI is InChI=1S/C16H19N3O2/c1-3-15(18-13-7-4-6-12(2)10-13)16(20)19-17-11-14-8-5-9-21-14/h4-11,15,18H,3H2,1-2H3,(H,19,20)/b17-11-/t15-/m1/s1. The molecule has 0 saturated carbocycles. The first-order chi connectivity index (χ1) is 10.2. The van der Waals surface area contributed by atoms with Gasteiger partial charge in [-0.3, -0.25) is 4.79 Å². The van der Waals surface area contributed by atoms with Gasteiger partial charge in [0.25, 0.3) is 5.91 Å². The fourth-order valence-electron chi connectivity index (χ4n) is 1.89. The number of furan rings is 1. The third kappa shape index (κ3) is 4.49. The van der Waals surface area contributed by atoms with Gasteiger partial charge in [0.2, 0.25) is 0 Å². The molecule has 0 fully saturated rings. The van der Waals surface area contributed by atoms with Gasteiger partial charge in [-0.25, -0.2) is 5.43 Å². The zero-order valence-electron chi connectivity index (χ0n) is 12.2. The monoisotopic (exact) mass is 285 g/mol. The molecule has 1 amide bonds. The van der Waals surface area contributed by atoms with E-state index in [2.05, 4.69) is 15.8 Å². The smallest absolute Gasteiger partial charge is 0.262 e. The lowest BCUT2D eigenvalue weighted by Crippen LogP contribution is -2.36. The van der Waals surface area contributed by atoms with Gasteiger partial charge in [0.15, 0.2) is 0 Å². The fraction of sp³-hybridized carbons (Fsp3) is 0.250. The van der Waals surface area contributed by atoms with Crippen molar-refractivity contribution in [1.29, 1.82) is 0 Å². The first-order valence-corrected chi connectivity index (χ1v) is 6.88. The number of anilines is 1. The number of hydrazone groups is 1. The van der Waals surface area contributed by atoms with Crippen molar-refractivity contribution < 1.29 is 9.21 Å². The average molecular weight is 285 g/mol. The minimum atomic E-state index is -0.333. The summed E-state index contributed by atoms with van der Waals surface area (Å²) in [6.45, 7) is 3.96. The van der Waals surface area contributed by atoms with Crippen LogP contribution < -0.4 is 10.7 Å². The number of aryl methyl sites for hydroxylation is 1. The van der Waals surface area contributed by atoms with Gasteiger partial charge in [-0.15, -0.1) is 0 Å². The molecule has 2 N–H and O–H groups in total. The molecular formula is C16H19N3O2. The second kappa shape index (κ2) is 7.28. The molecule has 1 aromatic heterocycles. The van der Waals surface area contributed by atoms with Crippen LogP contribution >= 0.6 is 0 Å². The maximum atomic E-state index is 12.1. The number of amides is 1. The van der Waals surface area contributed by atoms with Crippen LogP contribution in [0, 0.1) is 6.92 Å². The van der Waals surface area contributed by atoms with Crippen molar-refractivity contribution in [2.75, 3.05) is 5.32 Å². The number of carbonyl (C=O) groups excluding carboxylic acids is 1. The van der Waals surface area contributed by atoms with Crippen LogP contribution in [0.2, 0.25) is 0 Å². The maximum absolute atomic E-state index is 12.1. The molecule has 0 saturated heterocycles. The summed E-state index contributed by atoms with van der Waals surface area (Å²) in [6, 6.07) is 11.1. The SMILES string of the molecule is CC[C@@H](Nc1cccc(C)c1)C(=O)N/N=C\c1ccco1. The molecule has 1 atom stereocenters. The molecule has 1 aromatic carbocycles. The van der Waals surface area contributed by atoms with E-state index in [1.807, 2.05) is 38.1 Å². The third-order valence-corrected chi connectivity index (χ3v) is 2.99. The molecule has 0 unspecified atom stereocenters. The Morgan fingerprint density at radius 1 is 1.38 bits per heavy atom. The van der Waals surface area contributed by atoms with Crippen LogP contribution in [0.3, 0.4) is 0 Å². The zero-order chi connectivity index (χ0) is 15.1. The normalized spacial score (nSPS) is 12.3. The van der Waals surface area contributed by atoms with Gasteiger partial charge in [-0.1, -0.05) is 19.1 Å². The number of benzene rings is 1. The molecule has 110 valence electrons. The highest BCUT2D eigenvalue weighted by Crippen LogP contribution is 2.12. The van der Waals surface area contributed by atoms with Crippen LogP contribution in [0.25, 0.3) is 0 Å². The average Bonchev–Trinajstić information content (AvgIpc) is 2.98. The van der Waals surface area contributed by atoms with Crippen molar-refractivity contribution in [1.82, 2.24) is 5.43 Å². The van der Waals surface area contributed by atoms with E-state index in [1.165, 1.54) is 6.21 Å². The molecule has 21 heavy (non-hydrogen) atoms. The fourth-order valence-corrected chi connectivity index (χ4v) is 1.89. The van der Waals surface area contributed by atoms with Crippen LogP contribution in [0.4, 0.5) is 5.69 Å². The Morgan fingerprint density at radius 3 is 2.90 bits per heavy atom. The first kappa shape index (κ1) is 14.8. The molecule has 0 radical (unpaired) electrons. The molecule has 0 aliphatic heterocycles. The maximum Gasteiger partial charge on any atom is 0.262 e. The van der Waals surface area contributed by atoms with Crippen LogP contribution in [0.5, 0.6) is 0 Å². The Labute approximate surface area is 124 Å². The van der Waals surface area contributed by atoms with Crippen molar-refractivity contribution in [3.05, 3.63) is 54.0 Å². The highest BCUT2D eigenvalue weighted by atomic mass is 16.3. The molecule has 2 rings (SSSR count). The largest absolute Gasteiger partial charge is 0.463 e. The van der Waals surface area contributed by atoms with Gasteiger partial charge in [-0.2, -0.15) is 5.10 Å². The number of hydrogen-bond acceptors (Lipinski definition) is 4. The summed E-state index contributed by atoms with van der Waals surface area (Å²) in [7, 11) is 0. The Balaban J connectivity index is 1.92. The minimum absolute atomic E-state index is 0.179. The number of nitrogens with zero attached hydrogens (tertiary/aromatic N) is 1. The highest BCUT2D eigenvalue weighted by molar-refractivity contribution is 5.86. The van der Waals surface area contributed by atoms with Gasteiger partial charge in [-0.05, 0) is 43.2 Å². The summed E-state index contributed by atoms with van der Waals surface area (Å²) >= 11 is 0. The highest BCUT2D eigenvalue weighted by Gasteiger charge is 2.15. The lowest BCUT2D eigenvalue weighted by Gasteiger charge is -2.16. The van der Waals surface area contributed by atoms with Crippen LogP contribution in [0.15, 0.2) is 52.2 Å². The minimum Gasteiger partial charge on any atom is -0.463 e. The van der Waals surface area contributed by atoms with E-state index in [-0.39, 0.29) is 11.9 Å². The molecule has 5 nitrogen and oxygen atoms in total. The van der Waals surface area contributed by atoms with E-state index >= 15 is 0 Å². The van der Waals surface area contributed by atoms with Crippen molar-refractivity contribution in [2.45, 2.75) is 26.3 Å². The van der Waals surface area contributed by atoms with Crippen molar-refractivity contribution in [2.24, 2.45) is 5.10 Å². The molecule has 0 bridgehead atoms. The van der Waals surface area contributed by atoms with E-state index in [0.29, 0.717) is 12.2 Å². The number of nitrogens with one attached hydrogen (secondary N) is 2. The third-order valence-electron chi connectivity index (χ3n) is 2.99. The van der Waals surface area contributed by atoms with Crippen LogP contribution in [-0.2, 0) is 4.79 Å². The summed E-state index contributed by atoms with van der Waals surface area (Å²) in [5.41, 5.74) is 4.58. The molecule has 0 aliphatic carbocycles. The predicted octanol–water partition coefficient (Wildman–Crippen LogP) is 2.93. The van der Waals surface area contributed by atoms with E-state index in [1.54, 1.807) is 18.4 Å². The topological polar surface area (TPSA) is 66.6 Å². The summed E-state index contributed by atoms with van der Waals surface area (Å²) in [5, 5.41) is 7.09. The van der Waals surface area contributed by atoms with E-state index < -0.39 is 0 Å². The quantitative estimate of drug-likeness (QED) is 0.633. The summed E-state index contributed by atoms with van der Waals surface area (Å²) in [6.07, 6.45) is 3.69. The second-order valence-electron chi connectivity index (χ2n) is 4.72. The van der Waals surface area contributed by atoms with Crippen molar-refractivity contribution >= 4 is 17.8 Å². The Bertz CT molecular complexity index is 606.